The van der Waals surface area contributed by atoms with Crippen LogP contribution < -0.4 is 4.74 Å². The van der Waals surface area contributed by atoms with Crippen molar-refractivity contribution in [1.82, 2.24) is 0 Å². The van der Waals surface area contributed by atoms with Gasteiger partial charge >= 0.3 is 6.61 Å². The van der Waals surface area contributed by atoms with E-state index in [1.165, 1.54) is 12.1 Å². The molecule has 6 heteroatoms. The van der Waals surface area contributed by atoms with Gasteiger partial charge in [0.15, 0.2) is 0 Å². The van der Waals surface area contributed by atoms with Crippen molar-refractivity contribution in [3.05, 3.63) is 27.7 Å². The highest BCUT2D eigenvalue weighted by atomic mass is 79.9. The van der Waals surface area contributed by atoms with Gasteiger partial charge in [-0.15, -0.1) is 0 Å². The Morgan fingerprint density at radius 1 is 1.29 bits per heavy atom. The number of halogens is 5. The highest BCUT2D eigenvalue weighted by molar-refractivity contribution is 9.08. The minimum atomic E-state index is -2.88. The third-order valence-electron chi connectivity index (χ3n) is 1.47. The fourth-order valence-electron chi connectivity index (χ4n) is 0.878. The lowest BCUT2D eigenvalue weighted by Crippen LogP contribution is -2.02. The number of hydrogen-bond donors (Lipinski definition) is 0. The van der Waals surface area contributed by atoms with Gasteiger partial charge in [-0.05, 0) is 12.1 Å². The summed E-state index contributed by atoms with van der Waals surface area (Å²) in [6.07, 6.45) is 0. The van der Waals surface area contributed by atoms with Gasteiger partial charge in [0.1, 0.15) is 5.75 Å². The molecule has 0 amide bonds. The average molecular weight is 306 g/mol. The minimum absolute atomic E-state index is 0.0419. The van der Waals surface area contributed by atoms with Crippen molar-refractivity contribution in [3.8, 4) is 5.75 Å². The third kappa shape index (κ3) is 2.97. The number of hydrogen-bond acceptors (Lipinski definition) is 1. The maximum absolute atomic E-state index is 11.8. The zero-order chi connectivity index (χ0) is 10.7. The molecule has 0 bridgehead atoms. The van der Waals surface area contributed by atoms with Gasteiger partial charge in [-0.3, -0.25) is 0 Å². The molecule has 0 aliphatic carbocycles. The number of ether oxygens (including phenoxy) is 1. The van der Waals surface area contributed by atoms with Gasteiger partial charge in [-0.1, -0.05) is 39.1 Å². The van der Waals surface area contributed by atoms with Crippen LogP contribution in [0.25, 0.3) is 0 Å². The van der Waals surface area contributed by atoms with Crippen molar-refractivity contribution in [2.75, 3.05) is 0 Å². The fourth-order valence-corrected chi connectivity index (χ4v) is 2.41. The number of rotatable bonds is 3. The molecule has 0 N–H and O–H groups in total. The second kappa shape index (κ2) is 5.14. The molecule has 0 radical (unpaired) electrons. The number of benzene rings is 1. The highest BCUT2D eigenvalue weighted by Crippen LogP contribution is 2.32. The topological polar surface area (TPSA) is 9.23 Å². The molecule has 0 saturated carbocycles. The Balaban J connectivity index is 3.01. The van der Waals surface area contributed by atoms with Gasteiger partial charge in [-0.2, -0.15) is 8.78 Å². The Hall–Kier alpha value is -0.0600. The van der Waals surface area contributed by atoms with Crippen LogP contribution in [0, 0.1) is 0 Å². The van der Waals surface area contributed by atoms with Crippen LogP contribution in [0.4, 0.5) is 8.78 Å². The Bertz CT molecular complexity index is 310. The van der Waals surface area contributed by atoms with Gasteiger partial charge in [0, 0.05) is 20.9 Å². The quantitative estimate of drug-likeness (QED) is 0.748. The molecule has 0 fully saturated rings. The summed E-state index contributed by atoms with van der Waals surface area (Å²) in [5.41, 5.74) is 0.648. The van der Waals surface area contributed by atoms with Gasteiger partial charge in [0.25, 0.3) is 0 Å². The van der Waals surface area contributed by atoms with Crippen LogP contribution in [0.15, 0.2) is 12.1 Å². The van der Waals surface area contributed by atoms with E-state index < -0.39 is 6.61 Å². The van der Waals surface area contributed by atoms with Crippen LogP contribution in [0.1, 0.15) is 5.56 Å². The summed E-state index contributed by atoms with van der Waals surface area (Å²) in [5, 5.41) is 1.05. The third-order valence-corrected chi connectivity index (χ3v) is 2.71. The Kier molecular flexibility index (Phi) is 4.41. The van der Waals surface area contributed by atoms with Gasteiger partial charge in [-0.25, -0.2) is 0 Å². The van der Waals surface area contributed by atoms with Crippen LogP contribution in [0.2, 0.25) is 10.0 Å². The Morgan fingerprint density at radius 2 is 1.79 bits per heavy atom. The summed E-state index contributed by atoms with van der Waals surface area (Å²) in [7, 11) is 0. The molecule has 0 aromatic heterocycles. The second-order valence-corrected chi connectivity index (χ2v) is 3.75. The van der Waals surface area contributed by atoms with Crippen LogP contribution >= 0.6 is 39.1 Å². The molecule has 0 spiro atoms. The Labute approximate surface area is 98.1 Å². The molecule has 0 aliphatic rings. The first-order valence-corrected chi connectivity index (χ1v) is 5.41. The molecule has 14 heavy (non-hydrogen) atoms. The number of alkyl halides is 3. The van der Waals surface area contributed by atoms with E-state index in [1.807, 2.05) is 0 Å². The standard InChI is InChI=1S/C8H5BrCl2F2O/c9-3-5-6(10)1-4(2-7(5)11)14-8(12)13/h1-2,8H,3H2. The van der Waals surface area contributed by atoms with Gasteiger partial charge in [0.05, 0.1) is 0 Å². The Morgan fingerprint density at radius 3 is 2.14 bits per heavy atom. The monoisotopic (exact) mass is 304 g/mol. The maximum Gasteiger partial charge on any atom is 0.387 e. The summed E-state index contributed by atoms with van der Waals surface area (Å²) < 4.78 is 27.9. The molecule has 0 unspecified atom stereocenters. The van der Waals surface area contributed by atoms with Crippen LogP contribution in [-0.2, 0) is 5.33 Å². The lowest BCUT2D eigenvalue weighted by Gasteiger charge is -2.08. The van der Waals surface area contributed by atoms with Crippen LogP contribution in [0.5, 0.6) is 5.75 Å². The van der Waals surface area contributed by atoms with E-state index in [9.17, 15) is 8.78 Å². The summed E-state index contributed by atoms with van der Waals surface area (Å²) in [5.74, 6) is -0.0419. The van der Waals surface area contributed by atoms with E-state index in [1.54, 1.807) is 0 Å². The van der Waals surface area contributed by atoms with Gasteiger partial charge in [0.2, 0.25) is 0 Å². The first kappa shape index (κ1) is 12.0. The van der Waals surface area contributed by atoms with Gasteiger partial charge < -0.3 is 4.74 Å². The van der Waals surface area contributed by atoms with E-state index in [0.29, 0.717) is 20.9 Å². The normalized spacial score (nSPS) is 10.7. The fraction of sp³-hybridized carbons (Fsp3) is 0.250. The second-order valence-electron chi connectivity index (χ2n) is 2.38. The minimum Gasteiger partial charge on any atom is -0.435 e. The molecular weight excluding hydrogens is 301 g/mol. The van der Waals surface area contributed by atoms with Crippen molar-refractivity contribution < 1.29 is 13.5 Å². The van der Waals surface area contributed by atoms with E-state index in [-0.39, 0.29) is 5.75 Å². The average Bonchev–Trinajstić information content (AvgIpc) is 2.01. The van der Waals surface area contributed by atoms with E-state index >= 15 is 0 Å². The van der Waals surface area contributed by atoms with E-state index in [2.05, 4.69) is 20.7 Å². The van der Waals surface area contributed by atoms with Crippen LogP contribution in [0.3, 0.4) is 0 Å². The van der Waals surface area contributed by atoms with Crippen molar-refractivity contribution >= 4 is 39.1 Å². The van der Waals surface area contributed by atoms with Crippen molar-refractivity contribution in [3.63, 3.8) is 0 Å². The highest BCUT2D eigenvalue weighted by Gasteiger charge is 2.10. The smallest absolute Gasteiger partial charge is 0.387 e. The van der Waals surface area contributed by atoms with E-state index in [0.717, 1.165) is 0 Å². The summed E-state index contributed by atoms with van der Waals surface area (Å²) >= 11 is 14.7. The predicted octanol–water partition coefficient (Wildman–Crippen LogP) is 4.49. The molecule has 78 valence electrons. The molecule has 1 aromatic rings. The van der Waals surface area contributed by atoms with Crippen molar-refractivity contribution in [2.45, 2.75) is 11.9 Å². The molecule has 1 aromatic carbocycles. The first-order valence-electron chi connectivity index (χ1n) is 3.53. The summed E-state index contributed by atoms with van der Waals surface area (Å²) in [4.78, 5) is 0. The molecule has 1 nitrogen and oxygen atoms in total. The summed E-state index contributed by atoms with van der Waals surface area (Å²) in [6, 6.07) is 2.60. The first-order chi connectivity index (χ1) is 6.54. The summed E-state index contributed by atoms with van der Waals surface area (Å²) in [6.45, 7) is -2.88. The zero-order valence-corrected chi connectivity index (χ0v) is 9.84. The molecule has 0 atom stereocenters. The largest absolute Gasteiger partial charge is 0.435 e. The molecule has 0 saturated heterocycles. The molecule has 0 heterocycles. The SMILES string of the molecule is FC(F)Oc1cc(Cl)c(CBr)c(Cl)c1. The predicted molar refractivity (Wildman–Crippen MR) is 55.7 cm³/mol. The van der Waals surface area contributed by atoms with Crippen LogP contribution in [-0.4, -0.2) is 6.61 Å². The van der Waals surface area contributed by atoms with Crippen molar-refractivity contribution in [2.24, 2.45) is 0 Å². The maximum atomic E-state index is 11.8. The van der Waals surface area contributed by atoms with E-state index in [4.69, 9.17) is 23.2 Å². The molecular formula is C8H5BrCl2F2O. The zero-order valence-electron chi connectivity index (χ0n) is 6.74. The lowest BCUT2D eigenvalue weighted by molar-refractivity contribution is -0.0498. The van der Waals surface area contributed by atoms with Crippen molar-refractivity contribution in [1.29, 1.82) is 0 Å². The molecule has 1 rings (SSSR count). The molecule has 0 aliphatic heterocycles. The lowest BCUT2D eigenvalue weighted by atomic mass is 10.2.